The molecule has 60 valence electrons. The molecule has 0 aliphatic heterocycles. The van der Waals surface area contributed by atoms with Gasteiger partial charge in [0.25, 0.3) is 0 Å². The van der Waals surface area contributed by atoms with Gasteiger partial charge in [0.1, 0.15) is 0 Å². The smallest absolute Gasteiger partial charge is 0.0873 e. The Kier molecular flexibility index (Phi) is 8.78. The predicted molar refractivity (Wildman–Crippen MR) is 54.8 cm³/mol. The summed E-state index contributed by atoms with van der Waals surface area (Å²) >= 11 is 6.72. The molecule has 0 fully saturated rings. The topological polar surface area (TPSA) is 9.23 Å². The summed E-state index contributed by atoms with van der Waals surface area (Å²) in [6.07, 6.45) is 4.06. The van der Waals surface area contributed by atoms with Crippen LogP contribution in [0.2, 0.25) is 0 Å². The van der Waals surface area contributed by atoms with Crippen LogP contribution in [-0.2, 0) is 4.74 Å². The summed E-state index contributed by atoms with van der Waals surface area (Å²) in [6, 6.07) is 0. The highest BCUT2D eigenvalue weighted by molar-refractivity contribution is 9.69. The molecule has 0 amide bonds. The van der Waals surface area contributed by atoms with Crippen LogP contribution in [0.1, 0.15) is 19.8 Å². The molecule has 0 spiro atoms. The number of halogens is 2. The van der Waals surface area contributed by atoms with Crippen LogP contribution in [0.15, 0.2) is 12.1 Å². The van der Waals surface area contributed by atoms with Crippen LogP contribution in [0, 0.1) is 0 Å². The van der Waals surface area contributed by atoms with Crippen LogP contribution < -0.4 is 0 Å². The van der Waals surface area contributed by atoms with Gasteiger partial charge in [0.2, 0.25) is 0 Å². The van der Waals surface area contributed by atoms with E-state index in [0.717, 1.165) is 13.0 Å². The zero-order valence-corrected chi connectivity index (χ0v) is 9.95. The summed E-state index contributed by atoms with van der Waals surface area (Å²) in [6.45, 7) is 2.98. The molecule has 0 radical (unpaired) electrons. The van der Waals surface area contributed by atoms with E-state index in [1.807, 2.05) is 5.82 Å². The van der Waals surface area contributed by atoms with E-state index in [-0.39, 0.29) is 5.33 Å². The first-order valence-corrected chi connectivity index (χ1v) is 8.61. The second-order valence-corrected chi connectivity index (χ2v) is 10.0. The number of hydrogen-bond donors (Lipinski definition) is 0. The predicted octanol–water partition coefficient (Wildman–Crippen LogP) is 4.38. The van der Waals surface area contributed by atoms with Gasteiger partial charge in [0.05, 0.1) is 18.2 Å². The lowest BCUT2D eigenvalue weighted by molar-refractivity contribution is 0.244. The lowest BCUT2D eigenvalue weighted by Gasteiger charge is -1.96. The fourth-order valence-electron chi connectivity index (χ4n) is 0.385. The molecule has 4 heteroatoms. The molecule has 0 aliphatic carbocycles. The zero-order valence-electron chi connectivity index (χ0n) is 5.89. The Morgan fingerprint density at radius 3 is 2.70 bits per heavy atom. The molecule has 0 bridgehead atoms. The first kappa shape index (κ1) is 10.9. The normalized spacial score (nSPS) is 11.2. The van der Waals surface area contributed by atoms with Crippen molar-refractivity contribution in [3.63, 3.8) is 0 Å². The number of ether oxygens (including phenoxy) is 1. The lowest BCUT2D eigenvalue weighted by Crippen LogP contribution is -1.83. The monoisotopic (exact) mass is 288 g/mol. The molecule has 0 saturated heterocycles. The maximum atomic E-state index is 5.16. The summed E-state index contributed by atoms with van der Waals surface area (Å²) in [5, 5.41) is -0.302. The van der Waals surface area contributed by atoms with Gasteiger partial charge in [-0.2, -0.15) is 0 Å². The van der Waals surface area contributed by atoms with Crippen LogP contribution in [0.3, 0.4) is 0 Å². The third kappa shape index (κ3) is 8.93. The third-order valence-corrected chi connectivity index (χ3v) is 2.65. The second kappa shape index (κ2) is 8.03. The fraction of sp³-hybridized carbons (Fsp3) is 0.667. The molecule has 1 nitrogen and oxygen atoms in total. The average molecular weight is 290 g/mol. The van der Waals surface area contributed by atoms with Crippen molar-refractivity contribution in [3.05, 3.63) is 12.1 Å². The molecule has 0 aromatic rings. The van der Waals surface area contributed by atoms with Gasteiger partial charge in [-0.15, -0.1) is 0 Å². The van der Waals surface area contributed by atoms with Crippen molar-refractivity contribution in [1.29, 1.82) is 0 Å². The highest BCUT2D eigenvalue weighted by Gasteiger charge is 1.86. The summed E-state index contributed by atoms with van der Waals surface area (Å²) in [4.78, 5) is 0. The van der Waals surface area contributed by atoms with E-state index >= 15 is 0 Å². The van der Waals surface area contributed by atoms with E-state index in [2.05, 4.69) is 37.9 Å². The van der Waals surface area contributed by atoms with Crippen LogP contribution in [0.5, 0.6) is 0 Å². The minimum Gasteiger partial charge on any atom is -0.501 e. The van der Waals surface area contributed by atoms with Gasteiger partial charge in [0.15, 0.2) is 0 Å². The first-order valence-electron chi connectivity index (χ1n) is 3.16. The van der Waals surface area contributed by atoms with Gasteiger partial charge < -0.3 is 4.74 Å². The second-order valence-electron chi connectivity index (χ2n) is 1.77. The highest BCUT2D eigenvalue weighted by Crippen LogP contribution is 2.53. The van der Waals surface area contributed by atoms with E-state index < -0.39 is 0 Å². The molecule has 10 heavy (non-hydrogen) atoms. The summed E-state index contributed by atoms with van der Waals surface area (Å²) in [5.41, 5.74) is 0. The van der Waals surface area contributed by atoms with Crippen molar-refractivity contribution < 1.29 is 4.74 Å². The van der Waals surface area contributed by atoms with Crippen LogP contribution in [0.25, 0.3) is 0 Å². The van der Waals surface area contributed by atoms with Crippen molar-refractivity contribution in [2.24, 2.45) is 0 Å². The van der Waals surface area contributed by atoms with Crippen molar-refractivity contribution in [3.8, 4) is 0 Å². The maximum Gasteiger partial charge on any atom is 0.0873 e. The molecular formula is C6H11Br2OP. The highest BCUT2D eigenvalue weighted by atomic mass is 79.9. The van der Waals surface area contributed by atoms with Crippen LogP contribution in [0.4, 0.5) is 0 Å². The molecule has 0 aromatic heterocycles. The van der Waals surface area contributed by atoms with E-state index in [1.54, 1.807) is 6.26 Å². The van der Waals surface area contributed by atoms with Gasteiger partial charge >= 0.3 is 0 Å². The van der Waals surface area contributed by atoms with E-state index in [1.165, 1.54) is 6.42 Å². The number of hydrogen-bond acceptors (Lipinski definition) is 1. The van der Waals surface area contributed by atoms with E-state index in [4.69, 9.17) is 4.74 Å². The van der Waals surface area contributed by atoms with Gasteiger partial charge in [0, 0.05) is 0 Å². The summed E-state index contributed by atoms with van der Waals surface area (Å²) in [7, 11) is 0. The Labute approximate surface area is 79.4 Å². The molecule has 0 aliphatic rings. The molecule has 0 saturated carbocycles. The Morgan fingerprint density at radius 2 is 2.20 bits per heavy atom. The molecule has 0 aromatic carbocycles. The van der Waals surface area contributed by atoms with Crippen molar-refractivity contribution >= 4 is 36.3 Å². The quantitative estimate of drug-likeness (QED) is 0.415. The molecule has 0 atom stereocenters. The zero-order chi connectivity index (χ0) is 7.82. The Morgan fingerprint density at radius 1 is 1.50 bits per heavy atom. The molecule has 0 unspecified atom stereocenters. The summed E-state index contributed by atoms with van der Waals surface area (Å²) < 4.78 is 5.16. The lowest BCUT2D eigenvalue weighted by atomic mass is 10.4. The van der Waals surface area contributed by atoms with Crippen molar-refractivity contribution in [1.82, 2.24) is 0 Å². The first-order chi connectivity index (χ1) is 4.77. The van der Waals surface area contributed by atoms with Gasteiger partial charge in [-0.3, -0.25) is 0 Å². The largest absolute Gasteiger partial charge is 0.501 e. The molecule has 0 rings (SSSR count). The SMILES string of the molecule is CCCCO/C=C/P(Br)Br. The van der Waals surface area contributed by atoms with Crippen molar-refractivity contribution in [2.75, 3.05) is 6.61 Å². The number of rotatable bonds is 5. The molecular weight excluding hydrogens is 279 g/mol. The standard InChI is InChI=1S/C6H11Br2OP/c1-2-3-4-9-5-6-10(7)8/h5-6H,2-4H2,1H3/b6-5+. The van der Waals surface area contributed by atoms with Crippen LogP contribution >= 0.6 is 36.3 Å². The number of unbranched alkanes of at least 4 members (excludes halogenated alkanes) is 1. The van der Waals surface area contributed by atoms with Crippen LogP contribution in [-0.4, -0.2) is 6.61 Å². The molecule has 0 heterocycles. The van der Waals surface area contributed by atoms with E-state index in [0.29, 0.717) is 0 Å². The summed E-state index contributed by atoms with van der Waals surface area (Å²) in [5.74, 6) is 1.96. The Bertz CT molecular complexity index is 95.7. The minimum absolute atomic E-state index is 0.302. The minimum atomic E-state index is -0.302. The average Bonchev–Trinajstić information content (AvgIpc) is 1.87. The van der Waals surface area contributed by atoms with Gasteiger partial charge in [-0.1, -0.05) is 13.3 Å². The van der Waals surface area contributed by atoms with Crippen molar-refractivity contribution in [2.45, 2.75) is 19.8 Å². The Balaban J connectivity index is 3.02. The van der Waals surface area contributed by atoms with Gasteiger partial charge in [-0.05, 0) is 43.2 Å². The van der Waals surface area contributed by atoms with E-state index in [9.17, 15) is 0 Å². The third-order valence-electron chi connectivity index (χ3n) is 0.886. The fourth-order valence-corrected chi connectivity index (χ4v) is 1.14. The van der Waals surface area contributed by atoms with Gasteiger partial charge in [-0.25, -0.2) is 0 Å². The maximum absolute atomic E-state index is 5.16. The Hall–Kier alpha value is 0.930. The molecule has 0 N–H and O–H groups in total.